The molecule has 0 saturated carbocycles. The van der Waals surface area contributed by atoms with Crippen LogP contribution >= 0.6 is 0 Å². The van der Waals surface area contributed by atoms with E-state index in [-0.39, 0.29) is 5.41 Å². The Morgan fingerprint density at radius 1 is 0.913 bits per heavy atom. The molecule has 1 atom stereocenters. The molecule has 1 aliphatic heterocycles. The molecule has 4 rings (SSSR count). The quantitative estimate of drug-likeness (QED) is 0.555. The zero-order valence-electron chi connectivity index (χ0n) is 13.1. The van der Waals surface area contributed by atoms with E-state index in [2.05, 4.69) is 84.5 Å². The van der Waals surface area contributed by atoms with Crippen molar-refractivity contribution in [1.82, 2.24) is 0 Å². The van der Waals surface area contributed by atoms with Crippen LogP contribution in [0.2, 0.25) is 0 Å². The van der Waals surface area contributed by atoms with Gasteiger partial charge in [0, 0.05) is 11.6 Å². The summed E-state index contributed by atoms with van der Waals surface area (Å²) in [4.78, 5) is 4.66. The van der Waals surface area contributed by atoms with Crippen molar-refractivity contribution in [2.45, 2.75) is 18.3 Å². The molecule has 1 heterocycles. The van der Waals surface area contributed by atoms with Gasteiger partial charge in [0.15, 0.2) is 0 Å². The highest BCUT2D eigenvalue weighted by Crippen LogP contribution is 2.41. The van der Waals surface area contributed by atoms with Crippen LogP contribution in [-0.2, 0) is 11.8 Å². The molecule has 0 spiro atoms. The Labute approximate surface area is 137 Å². The number of hydrogen-bond acceptors (Lipinski definition) is 1. The van der Waals surface area contributed by atoms with E-state index in [0.29, 0.717) is 0 Å². The average Bonchev–Trinajstić information content (AvgIpc) is 2.94. The topological polar surface area (TPSA) is 12.4 Å². The maximum atomic E-state index is 4.66. The second-order valence-corrected chi connectivity index (χ2v) is 6.28. The second-order valence-electron chi connectivity index (χ2n) is 6.28. The van der Waals surface area contributed by atoms with Gasteiger partial charge in [0.25, 0.3) is 0 Å². The summed E-state index contributed by atoms with van der Waals surface area (Å²) in [6.07, 6.45) is 5.98. The highest BCUT2D eigenvalue weighted by Gasteiger charge is 2.35. The largest absolute Gasteiger partial charge is 0.260 e. The maximum absolute atomic E-state index is 4.66. The monoisotopic (exact) mass is 297 g/mol. The first kappa shape index (κ1) is 14.0. The van der Waals surface area contributed by atoms with Gasteiger partial charge in [-0.3, -0.25) is 4.99 Å². The second kappa shape index (κ2) is 5.51. The minimum absolute atomic E-state index is 0.0687. The summed E-state index contributed by atoms with van der Waals surface area (Å²) in [6, 6.07) is 23.7. The van der Waals surface area contributed by atoms with Crippen LogP contribution in [0.1, 0.15) is 17.5 Å². The summed E-state index contributed by atoms with van der Waals surface area (Å²) in [6.45, 7) is 3.97. The van der Waals surface area contributed by atoms with Gasteiger partial charge in [-0.15, -0.1) is 6.58 Å². The molecule has 0 saturated heterocycles. The van der Waals surface area contributed by atoms with Crippen LogP contribution in [0.5, 0.6) is 0 Å². The van der Waals surface area contributed by atoms with Crippen LogP contribution in [0.4, 0.5) is 5.69 Å². The normalized spacial score (nSPS) is 19.0. The highest BCUT2D eigenvalue weighted by molar-refractivity contribution is 5.87. The number of rotatable bonds is 4. The van der Waals surface area contributed by atoms with Gasteiger partial charge in [-0.05, 0) is 40.8 Å². The van der Waals surface area contributed by atoms with Crippen molar-refractivity contribution in [3.05, 3.63) is 90.5 Å². The Morgan fingerprint density at radius 2 is 1.70 bits per heavy atom. The third-order valence-corrected chi connectivity index (χ3v) is 4.73. The van der Waals surface area contributed by atoms with Gasteiger partial charge in [0.05, 0.1) is 5.69 Å². The number of allylic oxidation sites excluding steroid dienone is 1. The lowest BCUT2D eigenvalue weighted by Crippen LogP contribution is -2.27. The van der Waals surface area contributed by atoms with Gasteiger partial charge in [-0.2, -0.15) is 0 Å². The smallest absolute Gasteiger partial charge is 0.0667 e. The Balaban J connectivity index is 1.77. The fourth-order valence-electron chi connectivity index (χ4n) is 3.62. The van der Waals surface area contributed by atoms with Crippen LogP contribution in [0, 0.1) is 0 Å². The summed E-state index contributed by atoms with van der Waals surface area (Å²) in [5.41, 5.74) is 3.68. The number of aliphatic imine (C=N–C) groups is 1. The maximum Gasteiger partial charge on any atom is 0.0667 e. The zero-order chi connectivity index (χ0) is 15.7. The first-order valence-electron chi connectivity index (χ1n) is 8.04. The summed E-state index contributed by atoms with van der Waals surface area (Å²) < 4.78 is 0. The van der Waals surface area contributed by atoms with Crippen molar-refractivity contribution >= 4 is 22.7 Å². The van der Waals surface area contributed by atoms with E-state index in [1.807, 2.05) is 6.08 Å². The van der Waals surface area contributed by atoms with Crippen molar-refractivity contribution in [3.63, 3.8) is 0 Å². The lowest BCUT2D eigenvalue weighted by atomic mass is 9.74. The van der Waals surface area contributed by atoms with E-state index >= 15 is 0 Å². The van der Waals surface area contributed by atoms with Crippen molar-refractivity contribution in [1.29, 1.82) is 0 Å². The Morgan fingerprint density at radius 3 is 2.57 bits per heavy atom. The van der Waals surface area contributed by atoms with E-state index in [1.54, 1.807) is 0 Å². The van der Waals surface area contributed by atoms with E-state index in [0.717, 1.165) is 18.5 Å². The van der Waals surface area contributed by atoms with Gasteiger partial charge in [-0.25, -0.2) is 0 Å². The minimum Gasteiger partial charge on any atom is -0.260 e. The number of fused-ring (bicyclic) bond motifs is 2. The molecule has 0 bridgehead atoms. The van der Waals surface area contributed by atoms with Crippen molar-refractivity contribution in [2.75, 3.05) is 0 Å². The van der Waals surface area contributed by atoms with Gasteiger partial charge >= 0.3 is 0 Å². The van der Waals surface area contributed by atoms with E-state index < -0.39 is 0 Å². The molecule has 23 heavy (non-hydrogen) atoms. The molecule has 0 aliphatic carbocycles. The molecule has 0 fully saturated rings. The van der Waals surface area contributed by atoms with Crippen LogP contribution < -0.4 is 0 Å². The third-order valence-electron chi connectivity index (χ3n) is 4.73. The van der Waals surface area contributed by atoms with Gasteiger partial charge < -0.3 is 0 Å². The Hall–Kier alpha value is -2.67. The fourth-order valence-corrected chi connectivity index (χ4v) is 3.62. The molecule has 1 heteroatoms. The molecule has 0 aromatic heterocycles. The summed E-state index contributed by atoms with van der Waals surface area (Å²) in [5, 5.41) is 2.58. The molecule has 0 amide bonds. The zero-order valence-corrected chi connectivity index (χ0v) is 13.1. The van der Waals surface area contributed by atoms with Crippen LogP contribution in [-0.4, -0.2) is 6.21 Å². The fraction of sp³-hybridized carbons (Fsp3) is 0.136. The third kappa shape index (κ3) is 2.39. The van der Waals surface area contributed by atoms with E-state index in [9.17, 15) is 0 Å². The first-order chi connectivity index (χ1) is 11.3. The standard InChI is InChI=1S/C22H19N/c1-2-13-22(16-23-21-10-6-5-9-20(21)22)15-17-11-12-18-7-3-4-8-19(18)14-17/h2-12,14,16H,1,13,15H2/t22-/m1/s1. The Kier molecular flexibility index (Phi) is 3.34. The SMILES string of the molecule is C=CC[C@@]1(Cc2ccc3ccccc3c2)C=Nc2ccccc21. The van der Waals surface area contributed by atoms with Gasteiger partial charge in [0.1, 0.15) is 0 Å². The lowest BCUT2D eigenvalue weighted by molar-refractivity contribution is 0.603. The minimum atomic E-state index is -0.0687. The number of hydrogen-bond donors (Lipinski definition) is 0. The van der Waals surface area contributed by atoms with Crippen LogP contribution in [0.15, 0.2) is 84.4 Å². The number of benzene rings is 3. The molecule has 1 aliphatic rings. The predicted molar refractivity (Wildman–Crippen MR) is 98.7 cm³/mol. The molecule has 3 aromatic carbocycles. The molecular formula is C22H19N. The van der Waals surface area contributed by atoms with Crippen molar-refractivity contribution < 1.29 is 0 Å². The molecule has 0 N–H and O–H groups in total. The lowest BCUT2D eigenvalue weighted by Gasteiger charge is -2.27. The Bertz CT molecular complexity index is 906. The highest BCUT2D eigenvalue weighted by atomic mass is 14.8. The van der Waals surface area contributed by atoms with E-state index in [4.69, 9.17) is 0 Å². The molecule has 3 aromatic rings. The van der Waals surface area contributed by atoms with Crippen molar-refractivity contribution in [3.8, 4) is 0 Å². The van der Waals surface area contributed by atoms with Gasteiger partial charge in [0.2, 0.25) is 0 Å². The summed E-state index contributed by atoms with van der Waals surface area (Å²) in [7, 11) is 0. The number of nitrogens with zero attached hydrogens (tertiary/aromatic N) is 1. The van der Waals surface area contributed by atoms with Gasteiger partial charge in [-0.1, -0.05) is 66.7 Å². The molecule has 0 radical (unpaired) electrons. The molecule has 112 valence electrons. The first-order valence-corrected chi connectivity index (χ1v) is 8.04. The summed E-state index contributed by atoms with van der Waals surface area (Å²) >= 11 is 0. The summed E-state index contributed by atoms with van der Waals surface area (Å²) in [5.74, 6) is 0. The van der Waals surface area contributed by atoms with Crippen LogP contribution in [0.25, 0.3) is 10.8 Å². The van der Waals surface area contributed by atoms with E-state index in [1.165, 1.54) is 21.9 Å². The molecular weight excluding hydrogens is 278 g/mol. The van der Waals surface area contributed by atoms with Crippen LogP contribution in [0.3, 0.4) is 0 Å². The number of para-hydroxylation sites is 1. The average molecular weight is 297 g/mol. The van der Waals surface area contributed by atoms with Crippen molar-refractivity contribution in [2.24, 2.45) is 4.99 Å². The molecule has 0 unspecified atom stereocenters. The predicted octanol–water partition coefficient (Wildman–Crippen LogP) is 5.61. The molecule has 1 nitrogen and oxygen atoms in total.